The molecule has 0 spiro atoms. The molecule has 0 heterocycles. The van der Waals surface area contributed by atoms with Crippen molar-refractivity contribution >= 4 is 22.6 Å². The molecule has 1 unspecified atom stereocenters. The summed E-state index contributed by atoms with van der Waals surface area (Å²) in [6.45, 7) is 16.4. The Morgan fingerprint density at radius 2 is 1.68 bits per heavy atom. The monoisotopic (exact) mass is 306 g/mol. The molecule has 6 heteroatoms. The van der Waals surface area contributed by atoms with Crippen molar-refractivity contribution in [3.8, 4) is 0 Å². The van der Waals surface area contributed by atoms with E-state index in [-0.39, 0.29) is 5.97 Å². The molecule has 0 saturated heterocycles. The highest BCUT2D eigenvalue weighted by Crippen LogP contribution is 2.22. The van der Waals surface area contributed by atoms with Crippen LogP contribution in [0.5, 0.6) is 0 Å². The van der Waals surface area contributed by atoms with E-state index in [1.165, 1.54) is 6.92 Å². The Kier molecular flexibility index (Phi) is 8.11. The average Bonchev–Trinajstić information content (AvgIpc) is 2.11. The van der Waals surface area contributed by atoms with Gasteiger partial charge < -0.3 is 13.6 Å². The molecule has 4 nitrogen and oxygen atoms in total. The molecule has 0 aromatic heterocycles. The maximum atomic E-state index is 10.6. The molecule has 0 radical (unpaired) electrons. The van der Waals surface area contributed by atoms with Crippen molar-refractivity contribution in [3.05, 3.63) is 0 Å². The van der Waals surface area contributed by atoms with E-state index in [4.69, 9.17) is 13.6 Å². The quantitative estimate of drug-likeness (QED) is 0.372. The van der Waals surface area contributed by atoms with Crippen molar-refractivity contribution in [3.63, 3.8) is 0 Å². The van der Waals surface area contributed by atoms with Gasteiger partial charge in [-0.05, 0) is 44.7 Å². The van der Waals surface area contributed by atoms with Crippen molar-refractivity contribution in [2.75, 3.05) is 19.8 Å². The van der Waals surface area contributed by atoms with Crippen LogP contribution in [-0.4, -0.2) is 42.4 Å². The first kappa shape index (κ1) is 18.8. The molecule has 0 bridgehead atoms. The van der Waals surface area contributed by atoms with Gasteiger partial charge in [0.05, 0.1) is 6.61 Å². The molecule has 0 aliphatic heterocycles. The number of hydrogen-bond donors (Lipinski definition) is 0. The van der Waals surface area contributed by atoms with Gasteiger partial charge >= 0.3 is 5.97 Å². The minimum Gasteiger partial charge on any atom is -0.463 e. The molecule has 1 atom stereocenters. The summed E-state index contributed by atoms with van der Waals surface area (Å²) < 4.78 is 16.6. The minimum absolute atomic E-state index is 0.256. The molecule has 114 valence electrons. The van der Waals surface area contributed by atoms with E-state index in [1.54, 1.807) is 0 Å². The minimum atomic E-state index is -1.59. The molecule has 0 aliphatic rings. The third-order valence-electron chi connectivity index (χ3n) is 2.36. The zero-order chi connectivity index (χ0) is 15.1. The van der Waals surface area contributed by atoms with Gasteiger partial charge in [0.1, 0.15) is 6.61 Å². The molecule has 0 fully saturated rings. The van der Waals surface area contributed by atoms with E-state index in [9.17, 15) is 4.79 Å². The summed E-state index contributed by atoms with van der Waals surface area (Å²) in [5.74, 6) is 0.226. The van der Waals surface area contributed by atoms with Crippen molar-refractivity contribution in [1.29, 1.82) is 0 Å². The van der Waals surface area contributed by atoms with E-state index < -0.39 is 16.6 Å². The topological polar surface area (TPSA) is 44.8 Å². The second-order valence-electron chi connectivity index (χ2n) is 6.70. The zero-order valence-corrected chi connectivity index (χ0v) is 15.5. The van der Waals surface area contributed by atoms with Gasteiger partial charge in [-0.15, -0.1) is 0 Å². The number of rotatable bonds is 9. The normalized spacial score (nSPS) is 14.3. The van der Waals surface area contributed by atoms with Crippen LogP contribution in [0.25, 0.3) is 0 Å². The summed E-state index contributed by atoms with van der Waals surface area (Å²) in [6.07, 6.45) is 0. The molecule has 0 aromatic carbocycles. The highest BCUT2D eigenvalue weighted by molar-refractivity contribution is 6.84. The SMILES string of the molecule is CC(=O)OCCOCC(C)C[Si](C)(C)O[Si](C)(C)C. The fourth-order valence-corrected chi connectivity index (χ4v) is 11.1. The summed E-state index contributed by atoms with van der Waals surface area (Å²) >= 11 is 0. The first-order valence-electron chi connectivity index (χ1n) is 6.93. The zero-order valence-electron chi connectivity index (χ0n) is 13.5. The molecular weight excluding hydrogens is 276 g/mol. The first-order chi connectivity index (χ1) is 8.52. The highest BCUT2D eigenvalue weighted by Gasteiger charge is 2.31. The number of carbonyl (C=O) groups is 1. The van der Waals surface area contributed by atoms with Crippen LogP contribution >= 0.6 is 0 Å². The van der Waals surface area contributed by atoms with Gasteiger partial charge in [-0.2, -0.15) is 0 Å². The average molecular weight is 307 g/mol. The van der Waals surface area contributed by atoms with Gasteiger partial charge in [0, 0.05) is 13.5 Å². The smallest absolute Gasteiger partial charge is 0.302 e. The molecular formula is C13H30O4Si2. The van der Waals surface area contributed by atoms with E-state index in [0.29, 0.717) is 25.7 Å². The molecule has 0 N–H and O–H groups in total. The Labute approximate surface area is 120 Å². The van der Waals surface area contributed by atoms with Crippen LogP contribution < -0.4 is 0 Å². The van der Waals surface area contributed by atoms with Crippen molar-refractivity contribution in [1.82, 2.24) is 0 Å². The van der Waals surface area contributed by atoms with Crippen LogP contribution in [0.4, 0.5) is 0 Å². The molecule has 0 amide bonds. The van der Waals surface area contributed by atoms with E-state index >= 15 is 0 Å². The van der Waals surface area contributed by atoms with Crippen LogP contribution in [0.3, 0.4) is 0 Å². The Bertz CT molecular complexity index is 274. The molecule has 0 rings (SSSR count). The number of hydrogen-bond acceptors (Lipinski definition) is 4. The number of carbonyl (C=O) groups excluding carboxylic acids is 1. The standard InChI is InChI=1S/C13H30O4Si2/c1-12(10-15-8-9-16-13(2)14)11-19(6,7)17-18(3,4)5/h12H,8-11H2,1-7H3. The van der Waals surface area contributed by atoms with Crippen molar-refractivity contribution < 1.29 is 18.4 Å². The second kappa shape index (κ2) is 8.19. The Morgan fingerprint density at radius 3 is 2.16 bits per heavy atom. The lowest BCUT2D eigenvalue weighted by Gasteiger charge is -2.33. The fourth-order valence-electron chi connectivity index (χ4n) is 2.30. The Morgan fingerprint density at radius 1 is 1.11 bits per heavy atom. The van der Waals surface area contributed by atoms with Crippen LogP contribution in [0.2, 0.25) is 38.8 Å². The summed E-state index contributed by atoms with van der Waals surface area (Å²) in [5, 5.41) is 0. The van der Waals surface area contributed by atoms with Gasteiger partial charge in [0.25, 0.3) is 0 Å². The molecule has 19 heavy (non-hydrogen) atoms. The van der Waals surface area contributed by atoms with Gasteiger partial charge in [-0.1, -0.05) is 6.92 Å². The molecule has 0 aliphatic carbocycles. The maximum Gasteiger partial charge on any atom is 0.302 e. The lowest BCUT2D eigenvalue weighted by molar-refractivity contribution is -0.142. The maximum absolute atomic E-state index is 10.6. The van der Waals surface area contributed by atoms with Crippen LogP contribution in [-0.2, 0) is 18.4 Å². The lowest BCUT2D eigenvalue weighted by atomic mass is 10.2. The van der Waals surface area contributed by atoms with Gasteiger partial charge in [0.2, 0.25) is 0 Å². The largest absolute Gasteiger partial charge is 0.463 e. The third-order valence-corrected chi connectivity index (χ3v) is 8.70. The van der Waals surface area contributed by atoms with Gasteiger partial charge in [-0.3, -0.25) is 4.79 Å². The first-order valence-corrected chi connectivity index (χ1v) is 13.5. The van der Waals surface area contributed by atoms with Crippen molar-refractivity contribution in [2.24, 2.45) is 5.92 Å². The summed E-state index contributed by atoms with van der Waals surface area (Å²) in [7, 11) is -3.04. The molecule has 0 aromatic rings. The molecule has 0 saturated carbocycles. The Balaban J connectivity index is 3.84. The predicted octanol–water partition coefficient (Wildman–Crippen LogP) is 3.26. The summed E-state index contributed by atoms with van der Waals surface area (Å²) in [6, 6.07) is 1.10. The van der Waals surface area contributed by atoms with E-state index in [1.807, 2.05) is 0 Å². The van der Waals surface area contributed by atoms with E-state index in [2.05, 4.69) is 39.7 Å². The lowest BCUT2D eigenvalue weighted by Crippen LogP contribution is -2.43. The van der Waals surface area contributed by atoms with Crippen LogP contribution in [0, 0.1) is 5.92 Å². The van der Waals surface area contributed by atoms with Gasteiger partial charge in [0.15, 0.2) is 16.6 Å². The Hall–Kier alpha value is -0.176. The fraction of sp³-hybridized carbons (Fsp3) is 0.923. The van der Waals surface area contributed by atoms with Gasteiger partial charge in [-0.25, -0.2) is 0 Å². The number of esters is 1. The number of ether oxygens (including phenoxy) is 2. The third kappa shape index (κ3) is 12.6. The van der Waals surface area contributed by atoms with Crippen molar-refractivity contribution in [2.45, 2.75) is 52.6 Å². The highest BCUT2D eigenvalue weighted by atomic mass is 28.4. The summed E-state index contributed by atoms with van der Waals surface area (Å²) in [5.41, 5.74) is 0. The predicted molar refractivity (Wildman–Crippen MR) is 83.3 cm³/mol. The second-order valence-corrected chi connectivity index (χ2v) is 15.7. The van der Waals surface area contributed by atoms with E-state index in [0.717, 1.165) is 6.04 Å². The van der Waals surface area contributed by atoms with Crippen LogP contribution in [0.1, 0.15) is 13.8 Å². The summed E-state index contributed by atoms with van der Waals surface area (Å²) in [4.78, 5) is 10.6. The van der Waals surface area contributed by atoms with Crippen LogP contribution in [0.15, 0.2) is 0 Å².